The van der Waals surface area contributed by atoms with E-state index in [1.54, 1.807) is 6.07 Å². The summed E-state index contributed by atoms with van der Waals surface area (Å²) in [6, 6.07) is 4.86. The van der Waals surface area contributed by atoms with Crippen molar-refractivity contribution in [2.24, 2.45) is 0 Å². The maximum Gasteiger partial charge on any atom is 0.417 e. The molecule has 8 heteroatoms. The maximum absolute atomic E-state index is 14.5. The average molecular weight is 416 g/mol. The van der Waals surface area contributed by atoms with E-state index in [0.717, 1.165) is 31.1 Å². The summed E-state index contributed by atoms with van der Waals surface area (Å²) in [5.74, 6) is -0.803. The Bertz CT molecular complexity index is 1450. The molecule has 2 aromatic heterocycles. The van der Waals surface area contributed by atoms with Gasteiger partial charge in [0.2, 0.25) is 0 Å². The highest BCUT2D eigenvalue weighted by Crippen LogP contribution is 2.41. The number of aromatic nitrogens is 1. The molecule has 0 unspecified atom stereocenters. The van der Waals surface area contributed by atoms with Crippen molar-refractivity contribution in [3.63, 3.8) is 0 Å². The number of oxazole rings is 1. The summed E-state index contributed by atoms with van der Waals surface area (Å²) < 4.78 is 20.6. The molecular formula is C20H15ClFN3O2S. The molecule has 5 rings (SSSR count). The molecule has 0 amide bonds. The van der Waals surface area contributed by atoms with Gasteiger partial charge in [0.05, 0.1) is 15.2 Å². The Balaban J connectivity index is 1.96. The number of H-pyrrole nitrogens is 1. The van der Waals surface area contributed by atoms with Crippen LogP contribution in [0.1, 0.15) is 5.56 Å². The molecule has 0 aliphatic carbocycles. The van der Waals surface area contributed by atoms with Crippen LogP contribution in [0.5, 0.6) is 0 Å². The van der Waals surface area contributed by atoms with Gasteiger partial charge in [-0.2, -0.15) is 0 Å². The molecule has 3 heterocycles. The number of benzene rings is 2. The largest absolute Gasteiger partial charge is 0.417 e. The molecule has 1 aliphatic heterocycles. The van der Waals surface area contributed by atoms with Gasteiger partial charge in [-0.15, -0.1) is 11.3 Å². The molecule has 4 aromatic rings. The Morgan fingerprint density at radius 2 is 2.14 bits per heavy atom. The summed E-state index contributed by atoms with van der Waals surface area (Å²) in [6.45, 7) is 2.54. The van der Waals surface area contributed by atoms with E-state index in [0.29, 0.717) is 28.1 Å². The van der Waals surface area contributed by atoms with Gasteiger partial charge in [-0.1, -0.05) is 17.7 Å². The van der Waals surface area contributed by atoms with Crippen molar-refractivity contribution in [2.45, 2.75) is 6.92 Å². The van der Waals surface area contributed by atoms with E-state index in [-0.39, 0.29) is 5.82 Å². The van der Waals surface area contributed by atoms with Crippen molar-refractivity contribution in [3.8, 4) is 10.4 Å². The van der Waals surface area contributed by atoms with Crippen molar-refractivity contribution < 1.29 is 8.81 Å². The van der Waals surface area contributed by atoms with Gasteiger partial charge in [-0.25, -0.2) is 14.2 Å². The van der Waals surface area contributed by atoms with Crippen LogP contribution in [-0.2, 0) is 0 Å². The highest BCUT2D eigenvalue weighted by molar-refractivity contribution is 7.23. The Kier molecular flexibility index (Phi) is 3.87. The van der Waals surface area contributed by atoms with Crippen molar-refractivity contribution in [1.29, 1.82) is 0 Å². The third-order valence-corrected chi connectivity index (χ3v) is 6.80. The summed E-state index contributed by atoms with van der Waals surface area (Å²) in [7, 11) is 1.92. The van der Waals surface area contributed by atoms with Gasteiger partial charge in [-0.05, 0) is 35.9 Å². The number of rotatable bonds is 1. The summed E-state index contributed by atoms with van der Waals surface area (Å²) in [6.07, 6.45) is 3.88. The lowest BCUT2D eigenvalue weighted by atomic mass is 10.0. The number of hydrogen-bond acceptors (Lipinski definition) is 5. The number of nitrogens with one attached hydrogen (secondary N) is 2. The Morgan fingerprint density at radius 1 is 1.32 bits per heavy atom. The van der Waals surface area contributed by atoms with Gasteiger partial charge in [0.25, 0.3) is 0 Å². The van der Waals surface area contributed by atoms with Crippen LogP contribution in [-0.4, -0.2) is 23.6 Å². The number of nitrogens with zero attached hydrogens (tertiary/aromatic N) is 1. The fourth-order valence-corrected chi connectivity index (χ4v) is 5.20. The van der Waals surface area contributed by atoms with Crippen LogP contribution in [0, 0.1) is 12.7 Å². The highest BCUT2D eigenvalue weighted by Gasteiger charge is 2.19. The van der Waals surface area contributed by atoms with Gasteiger partial charge in [0.1, 0.15) is 5.82 Å². The summed E-state index contributed by atoms with van der Waals surface area (Å²) >= 11 is 7.79. The van der Waals surface area contributed by atoms with E-state index in [1.807, 2.05) is 31.2 Å². The zero-order valence-electron chi connectivity index (χ0n) is 15.0. The Morgan fingerprint density at radius 3 is 2.93 bits per heavy atom. The number of fused-ring (bicyclic) bond motifs is 4. The molecule has 0 atom stereocenters. The minimum atomic E-state index is -0.512. The van der Waals surface area contributed by atoms with Crippen LogP contribution < -0.4 is 21.6 Å². The van der Waals surface area contributed by atoms with E-state index >= 15 is 0 Å². The third-order valence-electron chi connectivity index (χ3n) is 5.01. The number of hydrogen-bond donors (Lipinski definition) is 2. The standard InChI is InChI=1S/C20H15ClFN3O2S/c1-9-16-14(22)4-3-13(21)19(16)28-18(9)11-7-15-17(27-20(26)24-15)12-8-23-25(2)6-5-10(11)12/h3-5,7-8,23H,6H2,1-2H3,(H,24,26). The number of aryl methyl sites for hydroxylation is 1. The second kappa shape index (κ2) is 6.20. The SMILES string of the molecule is Cc1c(-c2cc3[nH]c(=O)oc3c3c2=CCN(C)NC=3)sc2c(Cl)ccc(F)c12. The Hall–Kier alpha value is -2.61. The molecule has 28 heavy (non-hydrogen) atoms. The second-order valence-electron chi connectivity index (χ2n) is 6.79. The molecule has 2 aromatic carbocycles. The molecule has 142 valence electrons. The van der Waals surface area contributed by atoms with Crippen LogP contribution in [0.4, 0.5) is 4.39 Å². The summed E-state index contributed by atoms with van der Waals surface area (Å²) in [5.41, 5.74) is 5.98. The first kappa shape index (κ1) is 17.5. The van der Waals surface area contributed by atoms with Crippen LogP contribution in [0.3, 0.4) is 0 Å². The lowest BCUT2D eigenvalue weighted by Gasteiger charge is -2.11. The van der Waals surface area contributed by atoms with E-state index < -0.39 is 5.76 Å². The van der Waals surface area contributed by atoms with Crippen LogP contribution >= 0.6 is 22.9 Å². The van der Waals surface area contributed by atoms with Crippen LogP contribution in [0.2, 0.25) is 5.02 Å². The topological polar surface area (TPSA) is 61.3 Å². The molecule has 1 aliphatic rings. The molecule has 0 spiro atoms. The van der Waals surface area contributed by atoms with Gasteiger partial charge < -0.3 is 9.84 Å². The lowest BCUT2D eigenvalue weighted by Crippen LogP contribution is -2.30. The van der Waals surface area contributed by atoms with Gasteiger partial charge in [0, 0.05) is 40.8 Å². The molecule has 5 nitrogen and oxygen atoms in total. The van der Waals surface area contributed by atoms with E-state index in [4.69, 9.17) is 16.0 Å². The van der Waals surface area contributed by atoms with Gasteiger partial charge >= 0.3 is 5.76 Å². The predicted molar refractivity (Wildman–Crippen MR) is 111 cm³/mol. The predicted octanol–water partition coefficient (Wildman–Crippen LogP) is 3.07. The molecule has 0 radical (unpaired) electrons. The van der Waals surface area contributed by atoms with E-state index in [1.165, 1.54) is 17.4 Å². The Labute approximate surface area is 167 Å². The van der Waals surface area contributed by atoms with Crippen molar-refractivity contribution in [2.75, 3.05) is 13.6 Å². The molecule has 2 N–H and O–H groups in total. The number of thiophene rings is 1. The molecular weight excluding hydrogens is 401 g/mol. The number of hydrazine groups is 1. The zero-order chi connectivity index (χ0) is 19.6. The molecule has 0 bridgehead atoms. The van der Waals surface area contributed by atoms with Crippen molar-refractivity contribution in [1.82, 2.24) is 15.4 Å². The van der Waals surface area contributed by atoms with Crippen LogP contribution in [0.15, 0.2) is 27.4 Å². The second-order valence-corrected chi connectivity index (χ2v) is 8.22. The van der Waals surface area contributed by atoms with E-state index in [9.17, 15) is 9.18 Å². The van der Waals surface area contributed by atoms with Crippen LogP contribution in [0.25, 0.3) is 43.9 Å². The molecule has 0 saturated carbocycles. The minimum Gasteiger partial charge on any atom is -0.407 e. The van der Waals surface area contributed by atoms with Gasteiger partial charge in [0.15, 0.2) is 5.58 Å². The first-order valence-electron chi connectivity index (χ1n) is 8.65. The number of halogens is 2. The zero-order valence-corrected chi connectivity index (χ0v) is 16.6. The van der Waals surface area contributed by atoms with Crippen molar-refractivity contribution in [3.05, 3.63) is 55.6 Å². The first-order valence-corrected chi connectivity index (χ1v) is 9.84. The average Bonchev–Trinajstić information content (AvgIpc) is 3.14. The normalized spacial score (nSPS) is 14.4. The summed E-state index contributed by atoms with van der Waals surface area (Å²) in [4.78, 5) is 15.5. The van der Waals surface area contributed by atoms with Crippen molar-refractivity contribution >= 4 is 56.4 Å². The monoisotopic (exact) mass is 415 g/mol. The highest BCUT2D eigenvalue weighted by atomic mass is 35.5. The molecule has 0 fully saturated rings. The molecule has 0 saturated heterocycles. The lowest BCUT2D eigenvalue weighted by molar-refractivity contribution is 0.332. The van der Waals surface area contributed by atoms with Gasteiger partial charge in [-0.3, -0.25) is 4.98 Å². The minimum absolute atomic E-state index is 0.291. The first-order chi connectivity index (χ1) is 13.4. The number of aromatic amines is 1. The fourth-order valence-electron chi connectivity index (χ4n) is 3.67. The summed E-state index contributed by atoms with van der Waals surface area (Å²) in [5, 5.41) is 4.68. The quantitative estimate of drug-likeness (QED) is 0.501. The van der Waals surface area contributed by atoms with E-state index in [2.05, 4.69) is 16.5 Å². The third kappa shape index (κ3) is 2.51. The fraction of sp³-hybridized carbons (Fsp3) is 0.150. The smallest absolute Gasteiger partial charge is 0.407 e. The maximum atomic E-state index is 14.5.